The Bertz CT molecular complexity index is 237. The van der Waals surface area contributed by atoms with Crippen molar-refractivity contribution in [2.45, 2.75) is 58.1 Å². The van der Waals surface area contributed by atoms with Gasteiger partial charge in [-0.1, -0.05) is 0 Å². The first-order valence-electron chi connectivity index (χ1n) is 7.62. The molecule has 3 nitrogen and oxygen atoms in total. The maximum absolute atomic E-state index is 5.79. The van der Waals surface area contributed by atoms with Crippen molar-refractivity contribution in [3.63, 3.8) is 0 Å². The molecule has 0 bridgehead atoms. The molecule has 0 atom stereocenters. The Kier molecular flexibility index (Phi) is 5.05. The molecule has 1 N–H and O–H groups in total. The maximum Gasteiger partial charge on any atom is 0.0600 e. The van der Waals surface area contributed by atoms with Gasteiger partial charge in [0.1, 0.15) is 0 Å². The van der Waals surface area contributed by atoms with E-state index in [4.69, 9.17) is 4.74 Å². The van der Waals surface area contributed by atoms with Crippen LogP contribution in [0.5, 0.6) is 0 Å². The monoisotopic (exact) mass is 254 g/mol. The van der Waals surface area contributed by atoms with Gasteiger partial charge in [0.2, 0.25) is 0 Å². The van der Waals surface area contributed by atoms with Crippen molar-refractivity contribution in [2.24, 2.45) is 5.92 Å². The first-order chi connectivity index (χ1) is 8.53. The van der Waals surface area contributed by atoms with E-state index < -0.39 is 0 Å². The zero-order chi connectivity index (χ0) is 13.0. The molecule has 1 aliphatic heterocycles. The van der Waals surface area contributed by atoms with Crippen LogP contribution in [0, 0.1) is 5.92 Å². The highest BCUT2D eigenvalue weighted by Gasteiger charge is 2.24. The molecule has 1 aliphatic carbocycles. The summed E-state index contributed by atoms with van der Waals surface area (Å²) in [6.07, 6.45) is 5.52. The third kappa shape index (κ3) is 5.68. The number of nitrogens with one attached hydrogen (secondary N) is 1. The third-order valence-electron chi connectivity index (χ3n) is 3.92. The van der Waals surface area contributed by atoms with Gasteiger partial charge in [-0.15, -0.1) is 0 Å². The fourth-order valence-electron chi connectivity index (χ4n) is 2.52. The molecule has 1 saturated heterocycles. The molecule has 2 fully saturated rings. The smallest absolute Gasteiger partial charge is 0.0600 e. The SMILES string of the molecule is CC(C)(C)OCCN1CCC(CNC2CC2)CC1. The van der Waals surface area contributed by atoms with Gasteiger partial charge in [-0.25, -0.2) is 0 Å². The number of piperidine rings is 1. The highest BCUT2D eigenvalue weighted by atomic mass is 16.5. The summed E-state index contributed by atoms with van der Waals surface area (Å²) < 4.78 is 5.79. The molecule has 1 heterocycles. The van der Waals surface area contributed by atoms with Gasteiger partial charge in [-0.05, 0) is 72.0 Å². The Morgan fingerprint density at radius 1 is 1.11 bits per heavy atom. The lowest BCUT2D eigenvalue weighted by atomic mass is 9.97. The van der Waals surface area contributed by atoms with Crippen LogP contribution < -0.4 is 5.32 Å². The minimum absolute atomic E-state index is 0.00645. The average molecular weight is 254 g/mol. The van der Waals surface area contributed by atoms with Crippen LogP contribution in [0.2, 0.25) is 0 Å². The number of likely N-dealkylation sites (tertiary alicyclic amines) is 1. The number of ether oxygens (including phenoxy) is 1. The predicted molar refractivity (Wildman–Crippen MR) is 75.9 cm³/mol. The van der Waals surface area contributed by atoms with Crippen LogP contribution in [-0.2, 0) is 4.74 Å². The van der Waals surface area contributed by atoms with Crippen molar-refractivity contribution >= 4 is 0 Å². The Labute approximate surface area is 112 Å². The largest absolute Gasteiger partial charge is 0.375 e. The molecule has 1 saturated carbocycles. The first-order valence-corrected chi connectivity index (χ1v) is 7.62. The van der Waals surface area contributed by atoms with Crippen molar-refractivity contribution in [1.29, 1.82) is 0 Å². The summed E-state index contributed by atoms with van der Waals surface area (Å²) in [5, 5.41) is 3.66. The molecule has 0 aromatic carbocycles. The first kappa shape index (κ1) is 14.3. The lowest BCUT2D eigenvalue weighted by molar-refractivity contribution is -0.0161. The topological polar surface area (TPSA) is 24.5 Å². The van der Waals surface area contributed by atoms with Gasteiger partial charge in [0.05, 0.1) is 12.2 Å². The second-order valence-electron chi connectivity index (χ2n) is 6.93. The van der Waals surface area contributed by atoms with Crippen molar-refractivity contribution in [2.75, 3.05) is 32.8 Å². The van der Waals surface area contributed by atoms with Gasteiger partial charge in [0, 0.05) is 12.6 Å². The number of rotatable bonds is 6. The van der Waals surface area contributed by atoms with E-state index in [1.165, 1.54) is 45.3 Å². The molecule has 2 rings (SSSR count). The maximum atomic E-state index is 5.79. The molecule has 106 valence electrons. The number of hydrogen-bond acceptors (Lipinski definition) is 3. The van der Waals surface area contributed by atoms with Gasteiger partial charge in [0.25, 0.3) is 0 Å². The molecule has 2 aliphatic rings. The van der Waals surface area contributed by atoms with E-state index >= 15 is 0 Å². The lowest BCUT2D eigenvalue weighted by Gasteiger charge is -2.32. The predicted octanol–water partition coefficient (Wildman–Crippen LogP) is 2.27. The zero-order valence-corrected chi connectivity index (χ0v) is 12.4. The molecule has 0 aromatic rings. The van der Waals surface area contributed by atoms with Gasteiger partial charge >= 0.3 is 0 Å². The van der Waals surface area contributed by atoms with E-state index in [0.717, 1.165) is 25.1 Å². The highest BCUT2D eigenvalue weighted by molar-refractivity contribution is 4.83. The summed E-state index contributed by atoms with van der Waals surface area (Å²) in [4.78, 5) is 2.55. The Hall–Kier alpha value is -0.120. The van der Waals surface area contributed by atoms with Crippen molar-refractivity contribution < 1.29 is 4.74 Å². The van der Waals surface area contributed by atoms with Crippen LogP contribution in [0.4, 0.5) is 0 Å². The van der Waals surface area contributed by atoms with Crippen LogP contribution in [0.3, 0.4) is 0 Å². The van der Waals surface area contributed by atoms with Crippen LogP contribution in [0.15, 0.2) is 0 Å². The summed E-state index contributed by atoms with van der Waals surface area (Å²) >= 11 is 0. The van der Waals surface area contributed by atoms with Crippen molar-refractivity contribution in [1.82, 2.24) is 10.2 Å². The Balaban J connectivity index is 1.52. The number of hydrogen-bond donors (Lipinski definition) is 1. The van der Waals surface area contributed by atoms with E-state index in [9.17, 15) is 0 Å². The molecule has 0 amide bonds. The summed E-state index contributed by atoms with van der Waals surface area (Å²) in [5.74, 6) is 0.908. The van der Waals surface area contributed by atoms with E-state index in [-0.39, 0.29) is 5.60 Å². The molecule has 0 aromatic heterocycles. The quantitative estimate of drug-likeness (QED) is 0.787. The summed E-state index contributed by atoms with van der Waals surface area (Å²) in [6.45, 7) is 12.1. The summed E-state index contributed by atoms with van der Waals surface area (Å²) in [6, 6.07) is 0.864. The van der Waals surface area contributed by atoms with Crippen molar-refractivity contribution in [3.05, 3.63) is 0 Å². The van der Waals surface area contributed by atoms with Crippen LogP contribution in [-0.4, -0.2) is 49.3 Å². The molecule has 3 heteroatoms. The van der Waals surface area contributed by atoms with E-state index in [1.54, 1.807) is 0 Å². The molecular weight excluding hydrogens is 224 g/mol. The third-order valence-corrected chi connectivity index (χ3v) is 3.92. The molecule has 0 unspecified atom stereocenters. The molecule has 18 heavy (non-hydrogen) atoms. The second-order valence-corrected chi connectivity index (χ2v) is 6.93. The van der Waals surface area contributed by atoms with Crippen LogP contribution >= 0.6 is 0 Å². The standard InChI is InChI=1S/C15H30N2O/c1-15(2,3)18-11-10-17-8-6-13(7-9-17)12-16-14-4-5-14/h13-14,16H,4-12H2,1-3H3. The van der Waals surface area contributed by atoms with Crippen LogP contribution in [0.25, 0.3) is 0 Å². The van der Waals surface area contributed by atoms with E-state index in [1.807, 2.05) is 0 Å². The summed E-state index contributed by atoms with van der Waals surface area (Å²) in [5.41, 5.74) is 0.00645. The average Bonchev–Trinajstić information content (AvgIpc) is 3.10. The van der Waals surface area contributed by atoms with Crippen molar-refractivity contribution in [3.8, 4) is 0 Å². The summed E-state index contributed by atoms with van der Waals surface area (Å²) in [7, 11) is 0. The minimum Gasteiger partial charge on any atom is -0.375 e. The molecule has 0 spiro atoms. The Morgan fingerprint density at radius 2 is 1.78 bits per heavy atom. The van der Waals surface area contributed by atoms with Gasteiger partial charge in [-0.3, -0.25) is 0 Å². The molecule has 0 radical (unpaired) electrons. The fourth-order valence-corrected chi connectivity index (χ4v) is 2.52. The number of nitrogens with zero attached hydrogens (tertiary/aromatic N) is 1. The lowest BCUT2D eigenvalue weighted by Crippen LogP contribution is -2.39. The van der Waals surface area contributed by atoms with Gasteiger partial charge in [0.15, 0.2) is 0 Å². The normalized spacial score (nSPS) is 23.5. The second kappa shape index (κ2) is 6.36. The van der Waals surface area contributed by atoms with E-state index in [0.29, 0.717) is 0 Å². The van der Waals surface area contributed by atoms with E-state index in [2.05, 4.69) is 31.0 Å². The van der Waals surface area contributed by atoms with Crippen LogP contribution in [0.1, 0.15) is 46.5 Å². The highest BCUT2D eigenvalue weighted by Crippen LogP contribution is 2.21. The van der Waals surface area contributed by atoms with Gasteiger partial charge < -0.3 is 15.0 Å². The minimum atomic E-state index is 0.00645. The molecular formula is C15H30N2O. The Morgan fingerprint density at radius 3 is 2.33 bits per heavy atom. The zero-order valence-electron chi connectivity index (χ0n) is 12.4. The fraction of sp³-hybridized carbons (Fsp3) is 1.00. The van der Waals surface area contributed by atoms with Gasteiger partial charge in [-0.2, -0.15) is 0 Å².